The topological polar surface area (TPSA) is 58.4 Å². The fourth-order valence-electron chi connectivity index (χ4n) is 3.61. The Morgan fingerprint density at radius 1 is 1.13 bits per heavy atom. The van der Waals surface area contributed by atoms with E-state index in [1.165, 1.54) is 22.4 Å². The molecule has 0 N–H and O–H groups in total. The van der Waals surface area contributed by atoms with Gasteiger partial charge in [0.2, 0.25) is 5.91 Å². The van der Waals surface area contributed by atoms with Crippen molar-refractivity contribution in [3.8, 4) is 0 Å². The standard InChI is InChI=1S/C22H22ClFN4O2S/c1-26-21(30)15-5-2-3-8-19(15)25-22(26)31-14-20(29)28-11-9-27(10-12-28)13-16-17(23)6-4-7-18(16)24/h2-8H,9-14H2,1H3. The van der Waals surface area contributed by atoms with Crippen LogP contribution in [0.15, 0.2) is 52.4 Å². The van der Waals surface area contributed by atoms with Gasteiger partial charge in [0.1, 0.15) is 5.82 Å². The normalized spacial score (nSPS) is 14.9. The Bertz CT molecular complexity index is 1160. The largest absolute Gasteiger partial charge is 0.339 e. The van der Waals surface area contributed by atoms with Crippen LogP contribution in [0.5, 0.6) is 0 Å². The fraction of sp³-hybridized carbons (Fsp3) is 0.318. The summed E-state index contributed by atoms with van der Waals surface area (Å²) in [5.41, 5.74) is 0.990. The molecule has 1 aromatic heterocycles. The first-order valence-electron chi connectivity index (χ1n) is 9.95. The Balaban J connectivity index is 1.34. The summed E-state index contributed by atoms with van der Waals surface area (Å²) in [6.07, 6.45) is 0. The molecule has 0 bridgehead atoms. The van der Waals surface area contributed by atoms with Crippen LogP contribution in [0.4, 0.5) is 4.39 Å². The zero-order valence-corrected chi connectivity index (χ0v) is 18.6. The van der Waals surface area contributed by atoms with Gasteiger partial charge in [0, 0.05) is 50.4 Å². The molecular weight excluding hydrogens is 439 g/mol. The van der Waals surface area contributed by atoms with Crippen LogP contribution >= 0.6 is 23.4 Å². The van der Waals surface area contributed by atoms with Gasteiger partial charge in [0.25, 0.3) is 5.56 Å². The minimum absolute atomic E-state index is 0.00372. The number of hydrogen-bond donors (Lipinski definition) is 0. The first-order chi connectivity index (χ1) is 14.9. The quantitative estimate of drug-likeness (QED) is 0.432. The Morgan fingerprint density at radius 2 is 1.87 bits per heavy atom. The number of para-hydroxylation sites is 1. The third-order valence-electron chi connectivity index (χ3n) is 5.44. The Kier molecular flexibility index (Phi) is 6.60. The van der Waals surface area contributed by atoms with Crippen LogP contribution in [0.1, 0.15) is 5.56 Å². The average molecular weight is 461 g/mol. The second kappa shape index (κ2) is 9.38. The highest BCUT2D eigenvalue weighted by molar-refractivity contribution is 7.99. The molecule has 0 saturated carbocycles. The van der Waals surface area contributed by atoms with Gasteiger partial charge in [-0.3, -0.25) is 19.1 Å². The highest BCUT2D eigenvalue weighted by Crippen LogP contribution is 2.22. The van der Waals surface area contributed by atoms with E-state index in [-0.39, 0.29) is 23.0 Å². The summed E-state index contributed by atoms with van der Waals surface area (Å²) < 4.78 is 15.5. The number of aromatic nitrogens is 2. The monoisotopic (exact) mass is 460 g/mol. The predicted molar refractivity (Wildman–Crippen MR) is 121 cm³/mol. The fourth-order valence-corrected chi connectivity index (χ4v) is 4.70. The second-order valence-electron chi connectivity index (χ2n) is 7.42. The lowest BCUT2D eigenvalue weighted by molar-refractivity contribution is -0.130. The maximum atomic E-state index is 14.0. The van der Waals surface area contributed by atoms with Crippen LogP contribution < -0.4 is 5.56 Å². The summed E-state index contributed by atoms with van der Waals surface area (Å²) in [4.78, 5) is 33.6. The first kappa shape index (κ1) is 21.8. The van der Waals surface area contributed by atoms with Crippen molar-refractivity contribution >= 4 is 40.2 Å². The SMILES string of the molecule is Cn1c(SCC(=O)N2CCN(Cc3c(F)cccc3Cl)CC2)nc2ccccc2c1=O. The Hall–Kier alpha value is -2.42. The summed E-state index contributed by atoms with van der Waals surface area (Å²) in [7, 11) is 1.67. The molecule has 2 heterocycles. The minimum atomic E-state index is -0.309. The van der Waals surface area contributed by atoms with E-state index in [0.29, 0.717) is 59.4 Å². The van der Waals surface area contributed by atoms with Gasteiger partial charge in [0.15, 0.2) is 5.16 Å². The molecule has 1 saturated heterocycles. The molecule has 4 rings (SSSR count). The average Bonchev–Trinajstić information content (AvgIpc) is 2.78. The van der Waals surface area contributed by atoms with Crippen LogP contribution in [-0.4, -0.2) is 57.2 Å². The minimum Gasteiger partial charge on any atom is -0.339 e. The van der Waals surface area contributed by atoms with E-state index in [1.54, 1.807) is 36.2 Å². The van der Waals surface area contributed by atoms with Crippen molar-refractivity contribution in [3.63, 3.8) is 0 Å². The van der Waals surface area contributed by atoms with E-state index >= 15 is 0 Å². The third-order valence-corrected chi connectivity index (χ3v) is 6.80. The summed E-state index contributed by atoms with van der Waals surface area (Å²) in [6.45, 7) is 2.85. The van der Waals surface area contributed by atoms with E-state index in [9.17, 15) is 14.0 Å². The maximum absolute atomic E-state index is 14.0. The maximum Gasteiger partial charge on any atom is 0.261 e. The number of carbonyl (C=O) groups excluding carboxylic acids is 1. The van der Waals surface area contributed by atoms with Crippen LogP contribution in [0.2, 0.25) is 5.02 Å². The molecule has 0 spiro atoms. The van der Waals surface area contributed by atoms with Gasteiger partial charge in [-0.15, -0.1) is 0 Å². The molecule has 0 unspecified atom stereocenters. The van der Waals surface area contributed by atoms with E-state index < -0.39 is 0 Å². The van der Waals surface area contributed by atoms with Crippen LogP contribution in [0, 0.1) is 5.82 Å². The van der Waals surface area contributed by atoms with Crippen LogP contribution in [0.25, 0.3) is 10.9 Å². The van der Waals surface area contributed by atoms with Crippen molar-refractivity contribution in [2.45, 2.75) is 11.7 Å². The van der Waals surface area contributed by atoms with Crippen molar-refractivity contribution in [1.29, 1.82) is 0 Å². The van der Waals surface area contributed by atoms with Crippen molar-refractivity contribution in [1.82, 2.24) is 19.4 Å². The molecule has 1 amide bonds. The number of rotatable bonds is 5. The highest BCUT2D eigenvalue weighted by Gasteiger charge is 2.23. The molecule has 1 aliphatic rings. The second-order valence-corrected chi connectivity index (χ2v) is 8.77. The third kappa shape index (κ3) is 4.76. The summed E-state index contributed by atoms with van der Waals surface area (Å²) >= 11 is 7.39. The number of benzene rings is 2. The zero-order valence-electron chi connectivity index (χ0n) is 17.1. The molecule has 1 fully saturated rings. The van der Waals surface area contributed by atoms with E-state index in [0.717, 1.165) is 0 Å². The van der Waals surface area contributed by atoms with Crippen LogP contribution in [-0.2, 0) is 18.4 Å². The molecule has 3 aromatic rings. The van der Waals surface area contributed by atoms with Crippen molar-refractivity contribution in [2.75, 3.05) is 31.9 Å². The molecule has 9 heteroatoms. The van der Waals surface area contributed by atoms with Gasteiger partial charge in [-0.25, -0.2) is 9.37 Å². The lowest BCUT2D eigenvalue weighted by Crippen LogP contribution is -2.49. The molecule has 2 aromatic carbocycles. The summed E-state index contributed by atoms with van der Waals surface area (Å²) in [6, 6.07) is 11.9. The number of piperazine rings is 1. The van der Waals surface area contributed by atoms with Gasteiger partial charge < -0.3 is 4.90 Å². The lowest BCUT2D eigenvalue weighted by Gasteiger charge is -2.35. The number of fused-ring (bicyclic) bond motifs is 1. The Labute approximate surface area is 188 Å². The van der Waals surface area contributed by atoms with E-state index in [4.69, 9.17) is 11.6 Å². The van der Waals surface area contributed by atoms with Gasteiger partial charge in [-0.05, 0) is 24.3 Å². The van der Waals surface area contributed by atoms with Gasteiger partial charge in [0.05, 0.1) is 16.7 Å². The zero-order chi connectivity index (χ0) is 22.0. The highest BCUT2D eigenvalue weighted by atomic mass is 35.5. The van der Waals surface area contributed by atoms with Crippen LogP contribution in [0.3, 0.4) is 0 Å². The first-order valence-corrected chi connectivity index (χ1v) is 11.3. The van der Waals surface area contributed by atoms with E-state index in [1.807, 2.05) is 12.1 Å². The number of hydrogen-bond acceptors (Lipinski definition) is 5. The molecule has 1 aliphatic heterocycles. The lowest BCUT2D eigenvalue weighted by atomic mass is 10.2. The van der Waals surface area contributed by atoms with Crippen molar-refractivity contribution in [3.05, 3.63) is 69.2 Å². The van der Waals surface area contributed by atoms with Gasteiger partial charge in [-0.1, -0.05) is 41.6 Å². The molecule has 0 aliphatic carbocycles. The summed E-state index contributed by atoms with van der Waals surface area (Å²) in [5.74, 6) is -0.107. The number of carbonyl (C=O) groups is 1. The summed E-state index contributed by atoms with van der Waals surface area (Å²) in [5, 5.41) is 1.50. The number of thioether (sulfide) groups is 1. The van der Waals surface area contributed by atoms with Gasteiger partial charge in [-0.2, -0.15) is 0 Å². The Morgan fingerprint density at radius 3 is 2.61 bits per heavy atom. The molecule has 31 heavy (non-hydrogen) atoms. The molecule has 162 valence electrons. The molecule has 0 atom stereocenters. The smallest absolute Gasteiger partial charge is 0.261 e. The number of nitrogens with zero attached hydrogens (tertiary/aromatic N) is 4. The number of amides is 1. The van der Waals surface area contributed by atoms with Crippen molar-refractivity contribution in [2.24, 2.45) is 7.05 Å². The van der Waals surface area contributed by atoms with Crippen molar-refractivity contribution < 1.29 is 9.18 Å². The molecular formula is C22H22ClFN4O2S. The number of halogens is 2. The predicted octanol–water partition coefficient (Wildman–Crippen LogP) is 3.16. The van der Waals surface area contributed by atoms with E-state index in [2.05, 4.69) is 9.88 Å². The van der Waals surface area contributed by atoms with Gasteiger partial charge >= 0.3 is 0 Å². The molecule has 6 nitrogen and oxygen atoms in total. The molecule has 0 radical (unpaired) electrons.